The predicted molar refractivity (Wildman–Crippen MR) is 106 cm³/mol. The molecule has 1 aromatic heterocycles. The molecule has 0 radical (unpaired) electrons. The number of alkyl carbamates (subject to hydrolysis) is 1. The number of hydrogen-bond donors (Lipinski definition) is 2. The van der Waals surface area contributed by atoms with Gasteiger partial charge in [-0.05, 0) is 61.7 Å². The number of carboxylic acids is 1. The first-order valence-electron chi connectivity index (χ1n) is 8.99. The summed E-state index contributed by atoms with van der Waals surface area (Å²) in [5.41, 5.74) is 3.45. The molecule has 28 heavy (non-hydrogen) atoms. The van der Waals surface area contributed by atoms with Gasteiger partial charge in [0.2, 0.25) is 0 Å². The quantitative estimate of drug-likeness (QED) is 0.666. The van der Waals surface area contributed by atoms with Gasteiger partial charge in [-0.15, -0.1) is 0 Å². The number of carbonyl (C=O) groups is 2. The topological polar surface area (TPSA) is 88.8 Å². The number of carbonyl (C=O) groups excluding carboxylic acids is 1. The SMILES string of the molecule is CC(C)(C)OC(=O)NCc1cccc(-c2cc(CC(=O)O)cc3ccoc23)c1. The molecule has 0 aliphatic heterocycles. The van der Waals surface area contributed by atoms with Crippen molar-refractivity contribution in [1.29, 1.82) is 0 Å². The van der Waals surface area contributed by atoms with Crippen LogP contribution in [0.2, 0.25) is 0 Å². The fourth-order valence-corrected chi connectivity index (χ4v) is 2.97. The summed E-state index contributed by atoms with van der Waals surface area (Å²) < 4.78 is 10.9. The van der Waals surface area contributed by atoms with Crippen LogP contribution in [-0.2, 0) is 22.5 Å². The zero-order valence-electron chi connectivity index (χ0n) is 16.1. The number of amides is 1. The third kappa shape index (κ3) is 4.91. The second-order valence-electron chi connectivity index (χ2n) is 7.61. The van der Waals surface area contributed by atoms with E-state index in [0.717, 1.165) is 22.1 Å². The predicted octanol–water partition coefficient (Wildman–Crippen LogP) is 4.75. The maximum atomic E-state index is 11.9. The Morgan fingerprint density at radius 2 is 1.89 bits per heavy atom. The molecule has 0 saturated heterocycles. The molecule has 1 amide bonds. The van der Waals surface area contributed by atoms with E-state index in [4.69, 9.17) is 14.3 Å². The molecule has 6 nitrogen and oxygen atoms in total. The van der Waals surface area contributed by atoms with Crippen LogP contribution in [0.15, 0.2) is 53.1 Å². The van der Waals surface area contributed by atoms with Crippen molar-refractivity contribution >= 4 is 23.0 Å². The van der Waals surface area contributed by atoms with E-state index in [1.54, 1.807) is 6.26 Å². The molecule has 1 heterocycles. The van der Waals surface area contributed by atoms with Crippen LogP contribution < -0.4 is 5.32 Å². The fourth-order valence-electron chi connectivity index (χ4n) is 2.97. The Morgan fingerprint density at radius 1 is 1.11 bits per heavy atom. The molecule has 0 unspecified atom stereocenters. The first kappa shape index (κ1) is 19.5. The van der Waals surface area contributed by atoms with Crippen LogP contribution >= 0.6 is 0 Å². The highest BCUT2D eigenvalue weighted by atomic mass is 16.6. The molecule has 3 rings (SSSR count). The highest BCUT2D eigenvalue weighted by Crippen LogP contribution is 2.31. The highest BCUT2D eigenvalue weighted by Gasteiger charge is 2.16. The molecule has 3 aromatic rings. The maximum absolute atomic E-state index is 11.9. The van der Waals surface area contributed by atoms with Gasteiger partial charge in [-0.25, -0.2) is 4.79 Å². The molecule has 0 atom stereocenters. The van der Waals surface area contributed by atoms with Crippen LogP contribution in [0, 0.1) is 0 Å². The van der Waals surface area contributed by atoms with Gasteiger partial charge in [0.15, 0.2) is 0 Å². The van der Waals surface area contributed by atoms with Crippen LogP contribution in [0.1, 0.15) is 31.9 Å². The van der Waals surface area contributed by atoms with E-state index >= 15 is 0 Å². The van der Waals surface area contributed by atoms with Gasteiger partial charge in [0.25, 0.3) is 0 Å². The molecule has 0 bridgehead atoms. The van der Waals surface area contributed by atoms with Gasteiger partial charge in [-0.2, -0.15) is 0 Å². The summed E-state index contributed by atoms with van der Waals surface area (Å²) in [7, 11) is 0. The molecule has 2 N–H and O–H groups in total. The Morgan fingerprint density at radius 3 is 2.61 bits per heavy atom. The minimum atomic E-state index is -0.885. The van der Waals surface area contributed by atoms with Crippen molar-refractivity contribution in [2.45, 2.75) is 39.3 Å². The van der Waals surface area contributed by atoms with Crippen molar-refractivity contribution < 1.29 is 23.8 Å². The van der Waals surface area contributed by atoms with E-state index in [0.29, 0.717) is 17.7 Å². The van der Waals surface area contributed by atoms with Gasteiger partial charge < -0.3 is 19.6 Å². The number of carboxylic acid groups (broad SMARTS) is 1. The number of ether oxygens (including phenoxy) is 1. The Hall–Kier alpha value is -3.28. The third-order valence-corrected chi connectivity index (χ3v) is 4.04. The van der Waals surface area contributed by atoms with E-state index in [1.807, 2.05) is 63.2 Å². The summed E-state index contributed by atoms with van der Waals surface area (Å²) >= 11 is 0. The van der Waals surface area contributed by atoms with E-state index in [1.165, 1.54) is 0 Å². The summed E-state index contributed by atoms with van der Waals surface area (Å²) in [6.45, 7) is 5.75. The second kappa shape index (κ2) is 7.76. The Balaban J connectivity index is 1.86. The van der Waals surface area contributed by atoms with Gasteiger partial charge in [-0.3, -0.25) is 4.79 Å². The lowest BCUT2D eigenvalue weighted by atomic mass is 9.98. The normalized spacial score (nSPS) is 11.4. The fraction of sp³-hybridized carbons (Fsp3) is 0.273. The highest BCUT2D eigenvalue weighted by molar-refractivity contribution is 5.94. The van der Waals surface area contributed by atoms with E-state index < -0.39 is 17.7 Å². The number of nitrogens with one attached hydrogen (secondary N) is 1. The third-order valence-electron chi connectivity index (χ3n) is 4.04. The van der Waals surface area contributed by atoms with Crippen LogP contribution in [-0.4, -0.2) is 22.8 Å². The Labute approximate surface area is 163 Å². The molecule has 0 spiro atoms. The summed E-state index contributed by atoms with van der Waals surface area (Å²) in [5.74, 6) is -0.885. The first-order valence-corrected chi connectivity index (χ1v) is 8.99. The number of benzene rings is 2. The molecule has 2 aromatic carbocycles. The summed E-state index contributed by atoms with van der Waals surface area (Å²) in [4.78, 5) is 23.0. The smallest absolute Gasteiger partial charge is 0.407 e. The molecule has 0 aliphatic carbocycles. The number of furan rings is 1. The maximum Gasteiger partial charge on any atom is 0.407 e. The van der Waals surface area contributed by atoms with E-state index in [2.05, 4.69) is 5.32 Å². The van der Waals surface area contributed by atoms with Crippen LogP contribution in [0.3, 0.4) is 0 Å². The standard InChI is InChI=1S/C22H23NO5/c1-22(2,3)28-21(26)23-13-14-5-4-6-16(9-14)18-11-15(12-19(24)25)10-17-7-8-27-20(17)18/h4-11H,12-13H2,1-3H3,(H,23,26)(H,24,25). The van der Waals surface area contributed by atoms with Crippen molar-refractivity contribution in [2.24, 2.45) is 0 Å². The van der Waals surface area contributed by atoms with Crippen LogP contribution in [0.25, 0.3) is 22.1 Å². The summed E-state index contributed by atoms with van der Waals surface area (Å²) in [6, 6.07) is 13.1. The average Bonchev–Trinajstić information content (AvgIpc) is 3.06. The zero-order chi connectivity index (χ0) is 20.3. The van der Waals surface area contributed by atoms with Gasteiger partial charge in [0.05, 0.1) is 12.7 Å². The van der Waals surface area contributed by atoms with Gasteiger partial charge >= 0.3 is 12.1 Å². The number of hydrogen-bond acceptors (Lipinski definition) is 4. The summed E-state index contributed by atoms with van der Waals surface area (Å²) in [5, 5.41) is 12.7. The van der Waals surface area contributed by atoms with Gasteiger partial charge in [-0.1, -0.05) is 18.2 Å². The molecule has 0 aliphatic rings. The van der Waals surface area contributed by atoms with Crippen molar-refractivity contribution in [3.8, 4) is 11.1 Å². The lowest BCUT2D eigenvalue weighted by Crippen LogP contribution is -2.32. The Bertz CT molecular complexity index is 1010. The van der Waals surface area contributed by atoms with Gasteiger partial charge in [0, 0.05) is 17.5 Å². The molecule has 6 heteroatoms. The molecule has 146 valence electrons. The van der Waals surface area contributed by atoms with E-state index in [9.17, 15) is 9.59 Å². The zero-order valence-corrected chi connectivity index (χ0v) is 16.1. The minimum Gasteiger partial charge on any atom is -0.481 e. The van der Waals surface area contributed by atoms with Crippen molar-refractivity contribution in [3.05, 3.63) is 59.9 Å². The number of fused-ring (bicyclic) bond motifs is 1. The Kier molecular flexibility index (Phi) is 5.40. The number of aliphatic carboxylic acids is 1. The monoisotopic (exact) mass is 381 g/mol. The summed E-state index contributed by atoms with van der Waals surface area (Å²) in [6.07, 6.45) is 1.05. The van der Waals surface area contributed by atoms with Crippen LogP contribution in [0.4, 0.5) is 4.79 Å². The lowest BCUT2D eigenvalue weighted by Gasteiger charge is -2.19. The first-order chi connectivity index (χ1) is 13.2. The minimum absolute atomic E-state index is 0.0615. The molecule has 0 fully saturated rings. The number of rotatable bonds is 5. The largest absolute Gasteiger partial charge is 0.481 e. The van der Waals surface area contributed by atoms with Crippen molar-refractivity contribution in [1.82, 2.24) is 5.32 Å². The second-order valence-corrected chi connectivity index (χ2v) is 7.61. The van der Waals surface area contributed by atoms with Crippen LogP contribution in [0.5, 0.6) is 0 Å². The molecular weight excluding hydrogens is 358 g/mol. The molecular formula is C22H23NO5. The lowest BCUT2D eigenvalue weighted by molar-refractivity contribution is -0.136. The van der Waals surface area contributed by atoms with E-state index in [-0.39, 0.29) is 6.42 Å². The van der Waals surface area contributed by atoms with Crippen molar-refractivity contribution in [2.75, 3.05) is 0 Å². The van der Waals surface area contributed by atoms with Crippen molar-refractivity contribution in [3.63, 3.8) is 0 Å². The molecule has 0 saturated carbocycles. The average molecular weight is 381 g/mol. The van der Waals surface area contributed by atoms with Gasteiger partial charge in [0.1, 0.15) is 11.2 Å².